The molecule has 0 spiro atoms. The Morgan fingerprint density at radius 2 is 1.96 bits per heavy atom. The SMILES string of the molecule is Cc1ccc2sc(-c3ccc(NC4=NCCCS4)cc3)nc2c1. The van der Waals surface area contributed by atoms with Crippen LogP contribution in [0, 0.1) is 6.92 Å². The van der Waals surface area contributed by atoms with Crippen molar-refractivity contribution in [2.75, 3.05) is 17.6 Å². The van der Waals surface area contributed by atoms with Crippen LogP contribution in [0.3, 0.4) is 0 Å². The van der Waals surface area contributed by atoms with Crippen molar-refractivity contribution in [3.63, 3.8) is 0 Å². The highest BCUT2D eigenvalue weighted by molar-refractivity contribution is 8.14. The summed E-state index contributed by atoms with van der Waals surface area (Å²) in [7, 11) is 0. The molecule has 4 rings (SSSR count). The normalized spacial score (nSPS) is 14.7. The number of fused-ring (bicyclic) bond motifs is 1. The molecule has 1 N–H and O–H groups in total. The highest BCUT2D eigenvalue weighted by Crippen LogP contribution is 2.31. The molecule has 0 bridgehead atoms. The molecule has 0 unspecified atom stereocenters. The van der Waals surface area contributed by atoms with Crippen LogP contribution >= 0.6 is 23.1 Å². The van der Waals surface area contributed by atoms with E-state index < -0.39 is 0 Å². The van der Waals surface area contributed by atoms with Gasteiger partial charge in [0.25, 0.3) is 0 Å². The number of hydrogen-bond donors (Lipinski definition) is 1. The fourth-order valence-electron chi connectivity index (χ4n) is 2.52. The van der Waals surface area contributed by atoms with E-state index in [1.807, 2.05) is 0 Å². The molecule has 5 heteroatoms. The summed E-state index contributed by atoms with van der Waals surface area (Å²) in [6.45, 7) is 3.03. The van der Waals surface area contributed by atoms with E-state index in [1.165, 1.54) is 16.7 Å². The van der Waals surface area contributed by atoms with Crippen LogP contribution in [0.15, 0.2) is 47.5 Å². The van der Waals surface area contributed by atoms with Gasteiger partial charge < -0.3 is 5.32 Å². The van der Waals surface area contributed by atoms with Crippen LogP contribution in [-0.4, -0.2) is 22.4 Å². The minimum absolute atomic E-state index is 0.929. The summed E-state index contributed by atoms with van der Waals surface area (Å²) in [5, 5.41) is 5.49. The molecule has 116 valence electrons. The molecule has 2 heterocycles. The van der Waals surface area contributed by atoms with Crippen molar-refractivity contribution in [3.05, 3.63) is 48.0 Å². The quantitative estimate of drug-likeness (QED) is 0.699. The predicted octanol–water partition coefficient (Wildman–Crippen LogP) is 5.18. The number of aromatic nitrogens is 1. The zero-order valence-corrected chi connectivity index (χ0v) is 14.5. The molecular weight excluding hydrogens is 322 g/mol. The fraction of sp³-hybridized carbons (Fsp3) is 0.222. The van der Waals surface area contributed by atoms with Crippen molar-refractivity contribution in [1.82, 2.24) is 4.98 Å². The van der Waals surface area contributed by atoms with E-state index in [4.69, 9.17) is 4.98 Å². The van der Waals surface area contributed by atoms with Gasteiger partial charge in [0, 0.05) is 23.5 Å². The minimum Gasteiger partial charge on any atom is -0.335 e. The largest absolute Gasteiger partial charge is 0.335 e. The zero-order valence-electron chi connectivity index (χ0n) is 12.9. The van der Waals surface area contributed by atoms with E-state index in [1.54, 1.807) is 23.1 Å². The van der Waals surface area contributed by atoms with Crippen molar-refractivity contribution in [3.8, 4) is 10.6 Å². The van der Waals surface area contributed by atoms with E-state index in [9.17, 15) is 0 Å². The second-order valence-corrected chi connectivity index (χ2v) is 7.70. The molecule has 2 aromatic carbocycles. The van der Waals surface area contributed by atoms with Gasteiger partial charge in [0.15, 0.2) is 5.17 Å². The third kappa shape index (κ3) is 3.26. The Balaban J connectivity index is 1.57. The molecule has 3 aromatic rings. The Morgan fingerprint density at radius 3 is 2.74 bits per heavy atom. The predicted molar refractivity (Wildman–Crippen MR) is 103 cm³/mol. The number of aryl methyl sites for hydroxylation is 1. The van der Waals surface area contributed by atoms with Gasteiger partial charge in [0.1, 0.15) is 5.01 Å². The minimum atomic E-state index is 0.929. The van der Waals surface area contributed by atoms with Crippen molar-refractivity contribution in [2.24, 2.45) is 4.99 Å². The number of amidine groups is 1. The third-order valence-electron chi connectivity index (χ3n) is 3.72. The molecule has 0 amide bonds. The summed E-state index contributed by atoms with van der Waals surface area (Å²) in [6.07, 6.45) is 1.17. The fourth-order valence-corrected chi connectivity index (χ4v) is 4.31. The topological polar surface area (TPSA) is 37.3 Å². The van der Waals surface area contributed by atoms with Gasteiger partial charge in [0.2, 0.25) is 0 Å². The molecule has 23 heavy (non-hydrogen) atoms. The van der Waals surface area contributed by atoms with Crippen molar-refractivity contribution in [2.45, 2.75) is 13.3 Å². The monoisotopic (exact) mass is 339 g/mol. The molecule has 0 aliphatic carbocycles. The van der Waals surface area contributed by atoms with E-state index in [2.05, 4.69) is 59.7 Å². The molecule has 1 aromatic heterocycles. The molecule has 0 saturated carbocycles. The maximum atomic E-state index is 4.76. The molecule has 0 atom stereocenters. The van der Waals surface area contributed by atoms with E-state index >= 15 is 0 Å². The Kier molecular flexibility index (Phi) is 4.06. The highest BCUT2D eigenvalue weighted by atomic mass is 32.2. The average Bonchev–Trinajstić information content (AvgIpc) is 2.99. The first kappa shape index (κ1) is 14.7. The number of thiazole rings is 1. The molecular formula is C18H17N3S2. The number of benzene rings is 2. The van der Waals surface area contributed by atoms with Gasteiger partial charge in [-0.15, -0.1) is 11.3 Å². The summed E-state index contributed by atoms with van der Waals surface area (Å²) in [4.78, 5) is 9.26. The molecule has 3 nitrogen and oxygen atoms in total. The summed E-state index contributed by atoms with van der Waals surface area (Å²) in [6, 6.07) is 14.9. The van der Waals surface area contributed by atoms with Gasteiger partial charge >= 0.3 is 0 Å². The number of thioether (sulfide) groups is 1. The lowest BCUT2D eigenvalue weighted by molar-refractivity contribution is 0.938. The van der Waals surface area contributed by atoms with Crippen LogP contribution in [0.1, 0.15) is 12.0 Å². The van der Waals surface area contributed by atoms with Gasteiger partial charge in [-0.05, 0) is 55.3 Å². The summed E-state index contributed by atoms with van der Waals surface area (Å²) < 4.78 is 1.24. The van der Waals surface area contributed by atoms with Crippen LogP contribution in [0.25, 0.3) is 20.8 Å². The Bertz CT molecular complexity index is 866. The van der Waals surface area contributed by atoms with Crippen LogP contribution in [-0.2, 0) is 0 Å². The van der Waals surface area contributed by atoms with Gasteiger partial charge in [-0.1, -0.05) is 17.8 Å². The Labute approximate surface area is 143 Å². The van der Waals surface area contributed by atoms with Crippen molar-refractivity contribution in [1.29, 1.82) is 0 Å². The van der Waals surface area contributed by atoms with Crippen LogP contribution < -0.4 is 5.32 Å². The standard InChI is InChI=1S/C18H17N3S2/c1-12-3-8-16-15(11-12)21-17(23-16)13-4-6-14(7-5-13)20-18-19-9-2-10-22-18/h3-8,11H,2,9-10H2,1H3,(H,19,20). The first-order chi connectivity index (χ1) is 11.3. The maximum absolute atomic E-state index is 4.76. The second kappa shape index (κ2) is 6.34. The third-order valence-corrected chi connectivity index (χ3v) is 5.81. The van der Waals surface area contributed by atoms with Crippen LogP contribution in [0.4, 0.5) is 5.69 Å². The Morgan fingerprint density at radius 1 is 1.09 bits per heavy atom. The number of aliphatic imine (C=N–C) groups is 1. The molecule has 1 aliphatic heterocycles. The van der Waals surface area contributed by atoms with E-state index in [0.29, 0.717) is 0 Å². The molecule has 1 aliphatic rings. The lowest BCUT2D eigenvalue weighted by Crippen LogP contribution is -2.13. The van der Waals surface area contributed by atoms with Gasteiger partial charge in [-0.25, -0.2) is 4.98 Å². The molecule has 0 saturated heterocycles. The number of rotatable bonds is 2. The van der Waals surface area contributed by atoms with Gasteiger partial charge in [0.05, 0.1) is 10.2 Å². The summed E-state index contributed by atoms with van der Waals surface area (Å²) in [5.74, 6) is 1.15. The Hall–Kier alpha value is -1.85. The number of hydrogen-bond acceptors (Lipinski definition) is 5. The highest BCUT2D eigenvalue weighted by Gasteiger charge is 2.08. The van der Waals surface area contributed by atoms with Crippen molar-refractivity contribution < 1.29 is 0 Å². The van der Waals surface area contributed by atoms with E-state index in [0.717, 1.165) is 39.2 Å². The van der Waals surface area contributed by atoms with Crippen LogP contribution in [0.2, 0.25) is 0 Å². The van der Waals surface area contributed by atoms with E-state index in [-0.39, 0.29) is 0 Å². The summed E-state index contributed by atoms with van der Waals surface area (Å²) >= 11 is 3.53. The number of nitrogens with zero attached hydrogens (tertiary/aromatic N) is 2. The van der Waals surface area contributed by atoms with Crippen molar-refractivity contribution >= 4 is 44.2 Å². The second-order valence-electron chi connectivity index (χ2n) is 5.58. The van der Waals surface area contributed by atoms with Gasteiger partial charge in [-0.2, -0.15) is 0 Å². The lowest BCUT2D eigenvalue weighted by atomic mass is 10.2. The van der Waals surface area contributed by atoms with Gasteiger partial charge in [-0.3, -0.25) is 4.99 Å². The lowest BCUT2D eigenvalue weighted by Gasteiger charge is -2.13. The first-order valence-electron chi connectivity index (χ1n) is 7.70. The smallest absolute Gasteiger partial charge is 0.161 e. The number of anilines is 1. The first-order valence-corrected chi connectivity index (χ1v) is 9.50. The maximum Gasteiger partial charge on any atom is 0.161 e. The molecule has 0 fully saturated rings. The average molecular weight is 339 g/mol. The number of nitrogens with one attached hydrogen (secondary N) is 1. The van der Waals surface area contributed by atoms with Crippen LogP contribution in [0.5, 0.6) is 0 Å². The molecule has 0 radical (unpaired) electrons. The zero-order chi connectivity index (χ0) is 15.6. The summed E-state index contributed by atoms with van der Waals surface area (Å²) in [5.41, 5.74) is 4.58.